The Labute approximate surface area is 85.3 Å². The molecule has 0 aromatic heterocycles. The van der Waals surface area contributed by atoms with Crippen LogP contribution in [0.25, 0.3) is 0 Å². The highest BCUT2D eigenvalue weighted by Gasteiger charge is 1.98. The quantitative estimate of drug-likeness (QED) is 0.414. The van der Waals surface area contributed by atoms with Crippen molar-refractivity contribution in [3.05, 3.63) is 11.5 Å². The van der Waals surface area contributed by atoms with Crippen LogP contribution in [-0.2, 0) is 0 Å². The van der Waals surface area contributed by atoms with E-state index in [1.807, 2.05) is 27.7 Å². The molecule has 0 fully saturated rings. The summed E-state index contributed by atoms with van der Waals surface area (Å²) in [6.07, 6.45) is 1.79. The molecule has 0 atom stereocenters. The molecule has 0 saturated heterocycles. The largest absolute Gasteiger partial charge is 0.493 e. The van der Waals surface area contributed by atoms with Crippen LogP contribution in [-0.4, -0.2) is 16.8 Å². The van der Waals surface area contributed by atoms with Crippen LogP contribution in [0.5, 0.6) is 0 Å². The fourth-order valence-electron chi connectivity index (χ4n) is 0.945. The number of nitrogens with zero attached hydrogens (tertiary/aromatic N) is 2. The maximum Gasteiger partial charge on any atom is 0.223 e. The lowest BCUT2D eigenvalue weighted by molar-refractivity contribution is 0.396. The number of hydrogen-bond donors (Lipinski definition) is 2. The predicted octanol–water partition coefficient (Wildman–Crippen LogP) is 2.37. The highest BCUT2D eigenvalue weighted by Crippen LogP contribution is 2.08. The lowest BCUT2D eigenvalue weighted by Crippen LogP contribution is -2.10. The van der Waals surface area contributed by atoms with E-state index in [0.717, 1.165) is 24.1 Å². The van der Waals surface area contributed by atoms with Crippen LogP contribution < -0.4 is 5.73 Å². The first-order valence-electron chi connectivity index (χ1n) is 4.72. The van der Waals surface area contributed by atoms with Crippen molar-refractivity contribution in [1.82, 2.24) is 0 Å². The van der Waals surface area contributed by atoms with Gasteiger partial charge in [0.1, 0.15) is 0 Å². The number of nitrogens with two attached hydrogens (primary N) is 1. The van der Waals surface area contributed by atoms with Crippen LogP contribution >= 0.6 is 0 Å². The van der Waals surface area contributed by atoms with Gasteiger partial charge in [-0.25, -0.2) is 4.99 Å². The Balaban J connectivity index is 4.64. The lowest BCUT2D eigenvalue weighted by atomic mass is 10.2. The predicted molar refractivity (Wildman–Crippen MR) is 60.6 cm³/mol. The summed E-state index contributed by atoms with van der Waals surface area (Å²) in [5, 5.41) is 9.47. The molecule has 14 heavy (non-hydrogen) atoms. The maximum atomic E-state index is 9.47. The molecule has 0 aromatic rings. The molecule has 0 aliphatic heterocycles. The molecule has 0 aliphatic rings. The Hall–Kier alpha value is -1.32. The Kier molecular flexibility index (Phi) is 5.60. The van der Waals surface area contributed by atoms with E-state index in [1.54, 1.807) is 0 Å². The highest BCUT2D eigenvalue weighted by atomic mass is 16.3. The third kappa shape index (κ3) is 5.35. The van der Waals surface area contributed by atoms with Gasteiger partial charge in [0.05, 0.1) is 0 Å². The standard InChI is InChI=1S/C10H19N3O/c1-5-6-8(4)9(14)13-10(11)12-7(2)3/h14H,5-6H2,1-4H3,(H2,11,13)/b9-8+. The zero-order chi connectivity index (χ0) is 11.1. The van der Waals surface area contributed by atoms with Crippen molar-refractivity contribution in [2.24, 2.45) is 15.7 Å². The average molecular weight is 197 g/mol. The van der Waals surface area contributed by atoms with Gasteiger partial charge in [0.25, 0.3) is 0 Å². The van der Waals surface area contributed by atoms with Gasteiger partial charge in [-0.2, -0.15) is 4.99 Å². The summed E-state index contributed by atoms with van der Waals surface area (Å²) in [6.45, 7) is 7.51. The molecule has 3 N–H and O–H groups in total. The second kappa shape index (κ2) is 6.18. The van der Waals surface area contributed by atoms with Gasteiger partial charge in [0.15, 0.2) is 0 Å². The minimum atomic E-state index is -0.0191. The van der Waals surface area contributed by atoms with E-state index in [2.05, 4.69) is 9.98 Å². The van der Waals surface area contributed by atoms with E-state index in [0.29, 0.717) is 0 Å². The van der Waals surface area contributed by atoms with E-state index in [1.165, 1.54) is 0 Å². The van der Waals surface area contributed by atoms with Crippen LogP contribution in [0.15, 0.2) is 21.4 Å². The van der Waals surface area contributed by atoms with Crippen LogP contribution in [0.4, 0.5) is 0 Å². The van der Waals surface area contributed by atoms with Gasteiger partial charge in [0, 0.05) is 5.71 Å². The molecule has 0 radical (unpaired) electrons. The second-order valence-electron chi connectivity index (χ2n) is 3.38. The summed E-state index contributed by atoms with van der Waals surface area (Å²) in [7, 11) is 0. The third-order valence-corrected chi connectivity index (χ3v) is 1.57. The Morgan fingerprint density at radius 1 is 1.21 bits per heavy atom. The summed E-state index contributed by atoms with van der Waals surface area (Å²) in [5.74, 6) is 0.0762. The number of hydrogen-bond acceptors (Lipinski definition) is 2. The van der Waals surface area contributed by atoms with Crippen molar-refractivity contribution in [3.63, 3.8) is 0 Å². The van der Waals surface area contributed by atoms with Crippen LogP contribution in [0, 0.1) is 0 Å². The number of aliphatic hydroxyl groups is 1. The summed E-state index contributed by atoms with van der Waals surface area (Å²) in [6, 6.07) is 0. The van der Waals surface area contributed by atoms with Gasteiger partial charge in [-0.15, -0.1) is 0 Å². The summed E-state index contributed by atoms with van der Waals surface area (Å²) < 4.78 is 0. The molecule has 0 rings (SSSR count). The number of guanidine groups is 1. The number of aliphatic hydroxyl groups excluding tert-OH is 1. The molecule has 0 bridgehead atoms. The van der Waals surface area contributed by atoms with Crippen molar-refractivity contribution in [2.75, 3.05) is 0 Å². The topological polar surface area (TPSA) is 71.0 Å². The number of allylic oxidation sites excluding steroid dienone is 1. The summed E-state index contributed by atoms with van der Waals surface area (Å²) >= 11 is 0. The Bertz CT molecular complexity index is 273. The SMILES string of the molecule is CCC/C(C)=C(/O)N=C(N)N=C(C)C. The van der Waals surface area contributed by atoms with Crippen molar-refractivity contribution in [1.29, 1.82) is 0 Å². The second-order valence-corrected chi connectivity index (χ2v) is 3.38. The van der Waals surface area contributed by atoms with Crippen LogP contribution in [0.1, 0.15) is 40.5 Å². The Morgan fingerprint density at radius 3 is 2.21 bits per heavy atom. The van der Waals surface area contributed by atoms with Gasteiger partial charge < -0.3 is 10.8 Å². The minimum absolute atomic E-state index is 0.0191. The first-order chi connectivity index (χ1) is 6.47. The highest BCUT2D eigenvalue weighted by molar-refractivity contribution is 5.94. The van der Waals surface area contributed by atoms with E-state index < -0.39 is 0 Å². The smallest absolute Gasteiger partial charge is 0.223 e. The van der Waals surface area contributed by atoms with Crippen LogP contribution in [0.3, 0.4) is 0 Å². The monoisotopic (exact) mass is 197 g/mol. The number of rotatable bonds is 3. The van der Waals surface area contributed by atoms with Gasteiger partial charge >= 0.3 is 0 Å². The zero-order valence-electron chi connectivity index (χ0n) is 9.33. The molecular weight excluding hydrogens is 178 g/mol. The van der Waals surface area contributed by atoms with Crippen LogP contribution in [0.2, 0.25) is 0 Å². The minimum Gasteiger partial charge on any atom is -0.493 e. The molecule has 80 valence electrons. The molecule has 0 spiro atoms. The van der Waals surface area contributed by atoms with E-state index in [4.69, 9.17) is 5.73 Å². The molecule has 0 aromatic carbocycles. The first-order valence-corrected chi connectivity index (χ1v) is 4.72. The van der Waals surface area contributed by atoms with E-state index >= 15 is 0 Å². The number of aliphatic imine (C=N–C) groups is 2. The average Bonchev–Trinajstić information content (AvgIpc) is 2.02. The van der Waals surface area contributed by atoms with Crippen molar-refractivity contribution < 1.29 is 5.11 Å². The van der Waals surface area contributed by atoms with Crippen molar-refractivity contribution in [3.8, 4) is 0 Å². The summed E-state index contributed by atoms with van der Waals surface area (Å²) in [5.41, 5.74) is 7.12. The van der Waals surface area contributed by atoms with E-state index in [-0.39, 0.29) is 11.8 Å². The third-order valence-electron chi connectivity index (χ3n) is 1.57. The molecule has 0 saturated carbocycles. The van der Waals surface area contributed by atoms with Crippen molar-refractivity contribution >= 4 is 11.7 Å². The van der Waals surface area contributed by atoms with E-state index in [9.17, 15) is 5.11 Å². The maximum absolute atomic E-state index is 9.47. The Morgan fingerprint density at radius 2 is 1.79 bits per heavy atom. The fraction of sp³-hybridized carbons (Fsp3) is 0.600. The van der Waals surface area contributed by atoms with Gasteiger partial charge in [0.2, 0.25) is 11.8 Å². The molecule has 4 heteroatoms. The molecule has 0 amide bonds. The fourth-order valence-corrected chi connectivity index (χ4v) is 0.945. The normalized spacial score (nSPS) is 13.6. The molecule has 4 nitrogen and oxygen atoms in total. The first kappa shape index (κ1) is 12.7. The van der Waals surface area contributed by atoms with Gasteiger partial charge in [-0.3, -0.25) is 0 Å². The van der Waals surface area contributed by atoms with Gasteiger partial charge in [-0.1, -0.05) is 13.3 Å². The van der Waals surface area contributed by atoms with Gasteiger partial charge in [-0.05, 0) is 32.8 Å². The zero-order valence-corrected chi connectivity index (χ0v) is 9.33. The molecule has 0 aliphatic carbocycles. The van der Waals surface area contributed by atoms with Crippen molar-refractivity contribution in [2.45, 2.75) is 40.5 Å². The molecule has 0 heterocycles. The molecular formula is C10H19N3O. The lowest BCUT2D eigenvalue weighted by Gasteiger charge is -2.00. The summed E-state index contributed by atoms with van der Waals surface area (Å²) in [4.78, 5) is 7.69. The molecule has 0 unspecified atom stereocenters.